The van der Waals surface area contributed by atoms with Gasteiger partial charge in [-0.3, -0.25) is 4.90 Å². The molecule has 5 nitrogen and oxygen atoms in total. The van der Waals surface area contributed by atoms with Crippen LogP contribution < -0.4 is 10.5 Å². The number of fused-ring (bicyclic) bond motifs is 1. The summed E-state index contributed by atoms with van der Waals surface area (Å²) in [5.74, 6) is 1.30. The summed E-state index contributed by atoms with van der Waals surface area (Å²) in [5, 5.41) is 0. The Balaban J connectivity index is 1.59. The standard InChI is InChI=1S/C13H18N4O/c14-13-15-11-4-3-10(9-12(11)16-13)18-8-7-17-5-1-2-6-17/h3-4,9H,1-2,5-8H2,(H3,14,15,16). The lowest BCUT2D eigenvalue weighted by atomic mass is 10.3. The van der Waals surface area contributed by atoms with E-state index in [1.807, 2.05) is 18.2 Å². The summed E-state index contributed by atoms with van der Waals surface area (Å²) in [7, 11) is 0. The first-order chi connectivity index (χ1) is 8.81. The van der Waals surface area contributed by atoms with Gasteiger partial charge >= 0.3 is 0 Å². The Morgan fingerprint density at radius 2 is 2.17 bits per heavy atom. The number of nitrogens with one attached hydrogen (secondary N) is 1. The van der Waals surface area contributed by atoms with Crippen LogP contribution in [0.2, 0.25) is 0 Å². The van der Waals surface area contributed by atoms with Gasteiger partial charge in [-0.05, 0) is 38.1 Å². The Hall–Kier alpha value is -1.75. The fourth-order valence-electron chi connectivity index (χ4n) is 2.39. The average molecular weight is 246 g/mol. The molecule has 0 aliphatic carbocycles. The molecule has 3 N–H and O–H groups in total. The van der Waals surface area contributed by atoms with Crippen molar-refractivity contribution in [1.82, 2.24) is 14.9 Å². The Labute approximate surface area is 106 Å². The van der Waals surface area contributed by atoms with Crippen molar-refractivity contribution in [3.05, 3.63) is 18.2 Å². The normalized spacial score (nSPS) is 16.4. The van der Waals surface area contributed by atoms with Crippen LogP contribution in [0.4, 0.5) is 5.95 Å². The number of hydrogen-bond acceptors (Lipinski definition) is 4. The number of nitrogen functional groups attached to an aromatic ring is 1. The van der Waals surface area contributed by atoms with Crippen LogP contribution in [0.1, 0.15) is 12.8 Å². The molecule has 0 saturated carbocycles. The van der Waals surface area contributed by atoms with Crippen molar-refractivity contribution in [3.8, 4) is 5.75 Å². The van der Waals surface area contributed by atoms with Crippen molar-refractivity contribution in [2.75, 3.05) is 32.0 Å². The number of anilines is 1. The van der Waals surface area contributed by atoms with E-state index in [9.17, 15) is 0 Å². The summed E-state index contributed by atoms with van der Waals surface area (Å²) in [4.78, 5) is 9.62. The van der Waals surface area contributed by atoms with Crippen LogP contribution in [-0.2, 0) is 0 Å². The molecule has 0 amide bonds. The van der Waals surface area contributed by atoms with Gasteiger partial charge in [0.05, 0.1) is 11.0 Å². The number of aromatic amines is 1. The van der Waals surface area contributed by atoms with Crippen LogP contribution in [0, 0.1) is 0 Å². The summed E-state index contributed by atoms with van der Waals surface area (Å²) in [5.41, 5.74) is 7.41. The van der Waals surface area contributed by atoms with E-state index in [2.05, 4.69) is 14.9 Å². The molecule has 5 heteroatoms. The van der Waals surface area contributed by atoms with Gasteiger partial charge in [0.2, 0.25) is 0 Å². The van der Waals surface area contributed by atoms with Gasteiger partial charge in [0.15, 0.2) is 5.95 Å². The maximum Gasteiger partial charge on any atom is 0.198 e. The van der Waals surface area contributed by atoms with Gasteiger partial charge in [0.25, 0.3) is 0 Å². The van der Waals surface area contributed by atoms with Gasteiger partial charge in [-0.1, -0.05) is 0 Å². The van der Waals surface area contributed by atoms with Gasteiger partial charge in [-0.2, -0.15) is 0 Å². The molecule has 1 fully saturated rings. The van der Waals surface area contributed by atoms with Gasteiger partial charge in [-0.15, -0.1) is 0 Å². The summed E-state index contributed by atoms with van der Waals surface area (Å²) in [6, 6.07) is 5.82. The van der Waals surface area contributed by atoms with Crippen molar-refractivity contribution in [1.29, 1.82) is 0 Å². The van der Waals surface area contributed by atoms with Gasteiger partial charge in [0, 0.05) is 12.6 Å². The molecule has 1 aromatic carbocycles. The topological polar surface area (TPSA) is 67.2 Å². The lowest BCUT2D eigenvalue weighted by Crippen LogP contribution is -2.25. The number of imidazole rings is 1. The summed E-state index contributed by atoms with van der Waals surface area (Å²) >= 11 is 0. The number of benzene rings is 1. The first-order valence-electron chi connectivity index (χ1n) is 6.42. The molecule has 2 aromatic rings. The third kappa shape index (κ3) is 2.41. The number of likely N-dealkylation sites (tertiary alicyclic amines) is 1. The maximum absolute atomic E-state index is 5.75. The van der Waals surface area contributed by atoms with Gasteiger partial charge in [0.1, 0.15) is 12.4 Å². The Bertz CT molecular complexity index is 531. The molecule has 18 heavy (non-hydrogen) atoms. The Morgan fingerprint density at radius 1 is 1.33 bits per heavy atom. The van der Waals surface area contributed by atoms with Crippen molar-refractivity contribution in [3.63, 3.8) is 0 Å². The minimum Gasteiger partial charge on any atom is -0.492 e. The maximum atomic E-state index is 5.75. The minimum atomic E-state index is 0.444. The van der Waals surface area contributed by atoms with Crippen LogP contribution in [0.25, 0.3) is 11.0 Å². The second kappa shape index (κ2) is 4.86. The third-order valence-corrected chi connectivity index (χ3v) is 3.35. The first kappa shape index (κ1) is 11.3. The highest BCUT2D eigenvalue weighted by Crippen LogP contribution is 2.19. The molecule has 96 valence electrons. The van der Waals surface area contributed by atoms with E-state index >= 15 is 0 Å². The summed E-state index contributed by atoms with van der Waals surface area (Å²) in [6.07, 6.45) is 2.64. The van der Waals surface area contributed by atoms with Crippen molar-refractivity contribution >= 4 is 17.0 Å². The van der Waals surface area contributed by atoms with Crippen LogP contribution in [0.15, 0.2) is 18.2 Å². The molecular weight excluding hydrogens is 228 g/mol. The molecule has 1 aliphatic heterocycles. The highest BCUT2D eigenvalue weighted by atomic mass is 16.5. The number of rotatable bonds is 4. The van der Waals surface area contributed by atoms with E-state index in [1.165, 1.54) is 25.9 Å². The number of H-pyrrole nitrogens is 1. The number of hydrogen-bond donors (Lipinski definition) is 2. The zero-order valence-electron chi connectivity index (χ0n) is 10.4. The smallest absolute Gasteiger partial charge is 0.198 e. The Morgan fingerprint density at radius 3 is 3.00 bits per heavy atom. The van der Waals surface area contributed by atoms with Crippen LogP contribution in [0.3, 0.4) is 0 Å². The molecule has 0 bridgehead atoms. The van der Waals surface area contributed by atoms with Crippen molar-refractivity contribution in [2.24, 2.45) is 0 Å². The van der Waals surface area contributed by atoms with Gasteiger partial charge < -0.3 is 15.5 Å². The predicted octanol–water partition coefficient (Wildman–Crippen LogP) is 1.62. The van der Waals surface area contributed by atoms with Gasteiger partial charge in [-0.25, -0.2) is 4.98 Å². The molecule has 0 unspecified atom stereocenters. The Kier molecular flexibility index (Phi) is 3.06. The monoisotopic (exact) mass is 246 g/mol. The van der Waals surface area contributed by atoms with Crippen LogP contribution in [0.5, 0.6) is 5.75 Å². The van der Waals surface area contributed by atoms with E-state index in [4.69, 9.17) is 10.5 Å². The number of nitrogens with two attached hydrogens (primary N) is 1. The third-order valence-electron chi connectivity index (χ3n) is 3.35. The number of aromatic nitrogens is 2. The quantitative estimate of drug-likeness (QED) is 0.860. The van der Waals surface area contributed by atoms with Crippen LogP contribution in [-0.4, -0.2) is 41.1 Å². The number of ether oxygens (including phenoxy) is 1. The molecule has 0 atom stereocenters. The average Bonchev–Trinajstić information content (AvgIpc) is 2.96. The molecule has 2 heterocycles. The second-order valence-electron chi connectivity index (χ2n) is 4.70. The first-order valence-corrected chi connectivity index (χ1v) is 6.42. The van der Waals surface area contributed by atoms with Crippen molar-refractivity contribution in [2.45, 2.75) is 12.8 Å². The predicted molar refractivity (Wildman–Crippen MR) is 71.7 cm³/mol. The van der Waals surface area contributed by atoms with Crippen LogP contribution >= 0.6 is 0 Å². The SMILES string of the molecule is Nc1nc2cc(OCCN3CCCC3)ccc2[nH]1. The molecule has 1 aromatic heterocycles. The largest absolute Gasteiger partial charge is 0.492 e. The second-order valence-corrected chi connectivity index (χ2v) is 4.70. The van der Waals surface area contributed by atoms with Crippen molar-refractivity contribution < 1.29 is 4.74 Å². The molecule has 0 spiro atoms. The fraction of sp³-hybridized carbons (Fsp3) is 0.462. The zero-order chi connectivity index (χ0) is 12.4. The molecular formula is C13H18N4O. The highest BCUT2D eigenvalue weighted by molar-refractivity contribution is 5.78. The van der Waals surface area contributed by atoms with E-state index in [-0.39, 0.29) is 0 Å². The molecule has 0 radical (unpaired) electrons. The lowest BCUT2D eigenvalue weighted by Gasteiger charge is -2.14. The fourth-order valence-corrected chi connectivity index (χ4v) is 2.39. The minimum absolute atomic E-state index is 0.444. The van der Waals surface area contributed by atoms with E-state index < -0.39 is 0 Å². The van der Waals surface area contributed by atoms with E-state index in [1.54, 1.807) is 0 Å². The molecule has 1 saturated heterocycles. The van der Waals surface area contributed by atoms with E-state index in [0.29, 0.717) is 5.95 Å². The molecule has 1 aliphatic rings. The lowest BCUT2D eigenvalue weighted by molar-refractivity contribution is 0.238. The zero-order valence-corrected chi connectivity index (χ0v) is 10.4. The summed E-state index contributed by atoms with van der Waals surface area (Å²) in [6.45, 7) is 4.14. The highest BCUT2D eigenvalue weighted by Gasteiger charge is 2.10. The van der Waals surface area contributed by atoms with E-state index in [0.717, 1.165) is 29.9 Å². The summed E-state index contributed by atoms with van der Waals surface area (Å²) < 4.78 is 5.75. The number of nitrogens with zero attached hydrogens (tertiary/aromatic N) is 2. The molecule has 3 rings (SSSR count).